The lowest BCUT2D eigenvalue weighted by atomic mass is 9.89. The third-order valence-corrected chi connectivity index (χ3v) is 3.69. The van der Waals surface area contributed by atoms with E-state index in [9.17, 15) is 0 Å². The molecule has 0 amide bonds. The van der Waals surface area contributed by atoms with Gasteiger partial charge in [-0.15, -0.1) is 0 Å². The average Bonchev–Trinajstić information content (AvgIpc) is 1.84. The Kier molecular flexibility index (Phi) is 2.38. The van der Waals surface area contributed by atoms with Gasteiger partial charge in [0.15, 0.2) is 0 Å². The van der Waals surface area contributed by atoms with E-state index < -0.39 is 0 Å². The molecule has 3 heterocycles. The third-order valence-electron chi connectivity index (χ3n) is 2.64. The van der Waals surface area contributed by atoms with Gasteiger partial charge in [0.05, 0.1) is 5.37 Å². The Labute approximate surface area is 87.2 Å². The monoisotopic (exact) mass is 284 g/mol. The van der Waals surface area contributed by atoms with Gasteiger partial charge in [-0.1, -0.05) is 0 Å². The second kappa shape index (κ2) is 3.05. The second-order valence-electron chi connectivity index (χ2n) is 3.45. The summed E-state index contributed by atoms with van der Waals surface area (Å²) in [6.45, 7) is 4.62. The summed E-state index contributed by atoms with van der Waals surface area (Å²) >= 11 is 6.88. The highest BCUT2D eigenvalue weighted by atomic mass is 127. The van der Waals surface area contributed by atoms with Crippen molar-refractivity contribution in [1.82, 2.24) is 8.01 Å². The van der Waals surface area contributed by atoms with Crippen molar-refractivity contribution in [3.63, 3.8) is 0 Å². The van der Waals surface area contributed by atoms with Gasteiger partial charge in [-0.3, -0.25) is 4.90 Å². The zero-order valence-corrected chi connectivity index (χ0v) is 9.62. The largest absolute Gasteiger partial charge is 0.283 e. The lowest BCUT2D eigenvalue weighted by Gasteiger charge is -2.56. The van der Waals surface area contributed by atoms with E-state index >= 15 is 0 Å². The highest BCUT2D eigenvalue weighted by Crippen LogP contribution is 2.35. The van der Waals surface area contributed by atoms with Crippen LogP contribution in [0.3, 0.4) is 0 Å². The standard InChI is InChI=1S/C7H13IN2S/c1-5(11)10-6-2-7(10)4-9(8)3-6/h5-7,11H,2-4H2,1H3. The van der Waals surface area contributed by atoms with Crippen LogP contribution in [0.1, 0.15) is 13.3 Å². The Balaban J connectivity index is 1.98. The van der Waals surface area contributed by atoms with E-state index in [1.807, 2.05) is 0 Å². The molecule has 0 radical (unpaired) electrons. The predicted octanol–water partition coefficient (Wildman–Crippen LogP) is 1.37. The number of rotatable bonds is 1. The average molecular weight is 284 g/mol. The number of thiol groups is 1. The minimum Gasteiger partial charge on any atom is -0.283 e. The molecular formula is C7H13IN2S. The molecule has 0 aromatic rings. The van der Waals surface area contributed by atoms with Crippen molar-refractivity contribution in [2.75, 3.05) is 13.1 Å². The summed E-state index contributed by atoms with van der Waals surface area (Å²) in [7, 11) is 0. The lowest BCUT2D eigenvalue weighted by molar-refractivity contribution is -0.0396. The predicted molar refractivity (Wildman–Crippen MR) is 58.1 cm³/mol. The first-order valence-corrected chi connectivity index (χ1v) is 5.53. The molecule has 0 saturated carbocycles. The van der Waals surface area contributed by atoms with Crippen LogP contribution in [0.5, 0.6) is 0 Å². The van der Waals surface area contributed by atoms with Crippen molar-refractivity contribution < 1.29 is 0 Å². The van der Waals surface area contributed by atoms with Crippen LogP contribution in [0.2, 0.25) is 0 Å². The van der Waals surface area contributed by atoms with Gasteiger partial charge in [0.2, 0.25) is 0 Å². The van der Waals surface area contributed by atoms with Crippen LogP contribution in [-0.4, -0.2) is 38.6 Å². The summed E-state index contributed by atoms with van der Waals surface area (Å²) in [4.78, 5) is 2.53. The maximum absolute atomic E-state index is 4.47. The molecule has 0 aromatic heterocycles. The van der Waals surface area contributed by atoms with Crippen LogP contribution in [0.4, 0.5) is 0 Å². The van der Waals surface area contributed by atoms with Crippen molar-refractivity contribution in [3.05, 3.63) is 0 Å². The molecule has 2 bridgehead atoms. The van der Waals surface area contributed by atoms with Crippen molar-refractivity contribution in [3.8, 4) is 0 Å². The quantitative estimate of drug-likeness (QED) is 0.441. The fourth-order valence-electron chi connectivity index (χ4n) is 2.20. The smallest absolute Gasteiger partial charge is 0.0505 e. The molecule has 11 heavy (non-hydrogen) atoms. The van der Waals surface area contributed by atoms with E-state index in [4.69, 9.17) is 0 Å². The summed E-state index contributed by atoms with van der Waals surface area (Å²) in [6, 6.07) is 1.58. The van der Waals surface area contributed by atoms with Gasteiger partial charge in [0.1, 0.15) is 0 Å². The van der Waals surface area contributed by atoms with Crippen LogP contribution >= 0.6 is 35.5 Å². The summed E-state index contributed by atoms with van der Waals surface area (Å²) in [6.07, 6.45) is 1.39. The molecule has 4 heteroatoms. The maximum atomic E-state index is 4.47. The van der Waals surface area contributed by atoms with Gasteiger partial charge in [-0.25, -0.2) is 3.11 Å². The van der Waals surface area contributed by atoms with E-state index in [1.54, 1.807) is 0 Å². The summed E-state index contributed by atoms with van der Waals surface area (Å²) in [5, 5.41) is 0.448. The van der Waals surface area contributed by atoms with Crippen LogP contribution in [-0.2, 0) is 0 Å². The van der Waals surface area contributed by atoms with E-state index in [-0.39, 0.29) is 0 Å². The zero-order chi connectivity index (χ0) is 8.01. The topological polar surface area (TPSA) is 6.48 Å². The number of nitrogens with zero attached hydrogens (tertiary/aromatic N) is 2. The second-order valence-corrected chi connectivity index (χ2v) is 5.56. The SMILES string of the molecule is CC(S)N1C2CC1CN(I)C2. The molecule has 0 N–H and O–H groups in total. The first-order chi connectivity index (χ1) is 5.18. The Morgan fingerprint density at radius 2 is 2.00 bits per heavy atom. The molecule has 3 atom stereocenters. The molecule has 3 unspecified atom stereocenters. The van der Waals surface area contributed by atoms with Gasteiger partial charge in [0.25, 0.3) is 0 Å². The first-order valence-electron chi connectivity index (χ1n) is 4.04. The molecule has 3 rings (SSSR count). The first kappa shape index (κ1) is 8.59. The van der Waals surface area contributed by atoms with E-state index in [0.717, 1.165) is 12.1 Å². The highest BCUT2D eigenvalue weighted by molar-refractivity contribution is 14.1. The molecule has 0 aliphatic carbocycles. The summed E-state index contributed by atoms with van der Waals surface area (Å²) < 4.78 is 2.39. The van der Waals surface area contributed by atoms with Gasteiger partial charge in [0, 0.05) is 48.0 Å². The number of hydrogen-bond acceptors (Lipinski definition) is 3. The van der Waals surface area contributed by atoms with Crippen molar-refractivity contribution >= 4 is 35.5 Å². The molecule has 2 nitrogen and oxygen atoms in total. The Hall–Kier alpha value is 1.00. The summed E-state index contributed by atoms with van der Waals surface area (Å²) in [5.74, 6) is 0. The van der Waals surface area contributed by atoms with Crippen LogP contribution in [0.25, 0.3) is 0 Å². The third kappa shape index (κ3) is 1.43. The Morgan fingerprint density at radius 1 is 1.45 bits per heavy atom. The van der Waals surface area contributed by atoms with Gasteiger partial charge < -0.3 is 0 Å². The number of hydrogen-bond donors (Lipinski definition) is 1. The van der Waals surface area contributed by atoms with E-state index in [0.29, 0.717) is 5.37 Å². The molecule has 3 fully saturated rings. The van der Waals surface area contributed by atoms with Crippen molar-refractivity contribution in [1.29, 1.82) is 0 Å². The van der Waals surface area contributed by atoms with E-state index in [2.05, 4.69) is 50.4 Å². The van der Waals surface area contributed by atoms with Crippen LogP contribution in [0, 0.1) is 0 Å². The molecule has 64 valence electrons. The molecule has 3 saturated heterocycles. The molecule has 0 aromatic carbocycles. The Morgan fingerprint density at radius 3 is 2.45 bits per heavy atom. The Bertz CT molecular complexity index is 153. The van der Waals surface area contributed by atoms with Gasteiger partial charge in [-0.2, -0.15) is 12.6 Å². The number of piperidine rings is 1. The van der Waals surface area contributed by atoms with Crippen LogP contribution < -0.4 is 0 Å². The fraction of sp³-hybridized carbons (Fsp3) is 1.00. The molecule has 0 spiro atoms. The lowest BCUT2D eigenvalue weighted by Crippen LogP contribution is -2.68. The number of piperazine rings is 1. The molecular weight excluding hydrogens is 271 g/mol. The van der Waals surface area contributed by atoms with Gasteiger partial charge >= 0.3 is 0 Å². The highest BCUT2D eigenvalue weighted by Gasteiger charge is 2.45. The zero-order valence-electron chi connectivity index (χ0n) is 6.57. The fourth-order valence-corrected chi connectivity index (χ4v) is 3.48. The minimum absolute atomic E-state index is 0.448. The van der Waals surface area contributed by atoms with E-state index in [1.165, 1.54) is 19.5 Å². The maximum Gasteiger partial charge on any atom is 0.0505 e. The molecule has 3 aliphatic rings. The van der Waals surface area contributed by atoms with Crippen LogP contribution in [0.15, 0.2) is 0 Å². The minimum atomic E-state index is 0.448. The number of fused-ring (bicyclic) bond motifs is 2. The van der Waals surface area contributed by atoms with Crippen molar-refractivity contribution in [2.45, 2.75) is 30.8 Å². The summed E-state index contributed by atoms with van der Waals surface area (Å²) in [5.41, 5.74) is 0. The van der Waals surface area contributed by atoms with Gasteiger partial charge in [-0.05, 0) is 13.3 Å². The molecule has 3 aliphatic heterocycles. The van der Waals surface area contributed by atoms with Crippen molar-refractivity contribution in [2.24, 2.45) is 0 Å². The number of halogens is 1. The normalized spacial score (nSPS) is 41.7.